The molecule has 0 bridgehead atoms. The quantitative estimate of drug-likeness (QED) is 0.736. The number of benzene rings is 1. The van der Waals surface area contributed by atoms with E-state index in [1.54, 1.807) is 18.2 Å². The Balaban J connectivity index is 2.42. The molecule has 2 rings (SSSR count). The van der Waals surface area contributed by atoms with Crippen molar-refractivity contribution in [2.75, 3.05) is 11.1 Å². The van der Waals surface area contributed by atoms with Gasteiger partial charge < -0.3 is 11.1 Å². The zero-order valence-corrected chi connectivity index (χ0v) is 13.0. The molecule has 0 amide bonds. The summed E-state index contributed by atoms with van der Waals surface area (Å²) < 4.78 is 39.5. The number of anilines is 3. The largest absolute Gasteiger partial charge is 0.416 e. The molecule has 0 aliphatic carbocycles. The SMILES string of the molecule is Nc1cc(C(F)(F)F)cc(Nc2c(Br)cccc2Br)n1. The van der Waals surface area contributed by atoms with Gasteiger partial charge in [-0.15, -0.1) is 0 Å². The fraction of sp³-hybridized carbons (Fsp3) is 0.0833. The Morgan fingerprint density at radius 2 is 1.70 bits per heavy atom. The van der Waals surface area contributed by atoms with Crippen molar-refractivity contribution < 1.29 is 13.2 Å². The summed E-state index contributed by atoms with van der Waals surface area (Å²) in [6.07, 6.45) is -4.47. The Morgan fingerprint density at radius 3 is 2.25 bits per heavy atom. The number of nitrogens with zero attached hydrogens (tertiary/aromatic N) is 1. The number of aromatic nitrogens is 1. The molecule has 0 aliphatic rings. The molecule has 0 radical (unpaired) electrons. The number of pyridine rings is 1. The van der Waals surface area contributed by atoms with Crippen LogP contribution in [0, 0.1) is 0 Å². The molecule has 0 atom stereocenters. The summed E-state index contributed by atoms with van der Waals surface area (Å²) in [7, 11) is 0. The van der Waals surface area contributed by atoms with Gasteiger partial charge in [0.1, 0.15) is 11.6 Å². The van der Waals surface area contributed by atoms with Crippen LogP contribution >= 0.6 is 31.9 Å². The van der Waals surface area contributed by atoms with Crippen LogP contribution in [0.1, 0.15) is 5.56 Å². The third kappa shape index (κ3) is 3.43. The maximum atomic E-state index is 12.7. The van der Waals surface area contributed by atoms with Gasteiger partial charge in [0.15, 0.2) is 0 Å². The normalized spacial score (nSPS) is 11.4. The van der Waals surface area contributed by atoms with Crippen molar-refractivity contribution in [2.45, 2.75) is 6.18 Å². The Kier molecular flexibility index (Phi) is 4.24. The van der Waals surface area contributed by atoms with Crippen LogP contribution < -0.4 is 11.1 Å². The van der Waals surface area contributed by atoms with Gasteiger partial charge in [-0.1, -0.05) is 6.07 Å². The van der Waals surface area contributed by atoms with Crippen molar-refractivity contribution in [3.8, 4) is 0 Å². The molecule has 1 aromatic heterocycles. The highest BCUT2D eigenvalue weighted by Crippen LogP contribution is 2.35. The Hall–Kier alpha value is -1.28. The van der Waals surface area contributed by atoms with Gasteiger partial charge in [-0.2, -0.15) is 13.2 Å². The first kappa shape index (κ1) is 15.1. The van der Waals surface area contributed by atoms with E-state index in [2.05, 4.69) is 42.2 Å². The summed E-state index contributed by atoms with van der Waals surface area (Å²) >= 11 is 6.61. The van der Waals surface area contributed by atoms with E-state index in [0.29, 0.717) is 14.6 Å². The number of rotatable bonds is 2. The molecule has 1 aromatic carbocycles. The number of halogens is 5. The second-order valence-electron chi connectivity index (χ2n) is 3.89. The van der Waals surface area contributed by atoms with Crippen LogP contribution in [0.5, 0.6) is 0 Å². The van der Waals surface area contributed by atoms with Crippen LogP contribution in [0.2, 0.25) is 0 Å². The first-order valence-electron chi connectivity index (χ1n) is 5.33. The lowest BCUT2D eigenvalue weighted by atomic mass is 10.2. The first-order valence-corrected chi connectivity index (χ1v) is 6.92. The molecule has 3 N–H and O–H groups in total. The third-order valence-electron chi connectivity index (χ3n) is 2.39. The third-order valence-corrected chi connectivity index (χ3v) is 3.71. The Morgan fingerprint density at radius 1 is 1.10 bits per heavy atom. The number of hydrogen-bond donors (Lipinski definition) is 2. The summed E-state index contributed by atoms with van der Waals surface area (Å²) in [5.74, 6) is -0.185. The van der Waals surface area contributed by atoms with Crippen LogP contribution in [-0.2, 0) is 6.18 Å². The number of hydrogen-bond acceptors (Lipinski definition) is 3. The molecule has 106 valence electrons. The standard InChI is InChI=1S/C12H8Br2F3N3/c13-7-2-1-3-8(14)11(7)20-10-5-6(12(15,16)17)4-9(18)19-10/h1-5H,(H3,18,19,20). The van der Waals surface area contributed by atoms with E-state index in [9.17, 15) is 13.2 Å². The average molecular weight is 411 g/mol. The second kappa shape index (κ2) is 5.61. The summed E-state index contributed by atoms with van der Waals surface area (Å²) in [5, 5.41) is 2.81. The number of nitrogen functional groups attached to an aromatic ring is 1. The molecular formula is C12H8Br2F3N3. The molecule has 0 saturated carbocycles. The summed E-state index contributed by atoms with van der Waals surface area (Å²) in [5.41, 5.74) is 5.13. The number of alkyl halides is 3. The van der Waals surface area contributed by atoms with Gasteiger partial charge >= 0.3 is 6.18 Å². The Bertz CT molecular complexity index is 624. The van der Waals surface area contributed by atoms with Crippen molar-refractivity contribution >= 4 is 49.2 Å². The molecule has 0 spiro atoms. The van der Waals surface area contributed by atoms with E-state index >= 15 is 0 Å². The van der Waals surface area contributed by atoms with Crippen LogP contribution in [0.3, 0.4) is 0 Å². The van der Waals surface area contributed by atoms with E-state index < -0.39 is 11.7 Å². The zero-order valence-electron chi connectivity index (χ0n) is 9.80. The first-order chi connectivity index (χ1) is 9.27. The van der Waals surface area contributed by atoms with Crippen molar-refractivity contribution in [1.82, 2.24) is 4.98 Å². The number of nitrogens with one attached hydrogen (secondary N) is 1. The lowest BCUT2D eigenvalue weighted by Crippen LogP contribution is -2.08. The van der Waals surface area contributed by atoms with Crippen molar-refractivity contribution in [3.63, 3.8) is 0 Å². The molecule has 2 aromatic rings. The molecule has 1 heterocycles. The minimum atomic E-state index is -4.47. The molecule has 3 nitrogen and oxygen atoms in total. The highest BCUT2D eigenvalue weighted by atomic mass is 79.9. The van der Waals surface area contributed by atoms with Crippen molar-refractivity contribution in [3.05, 3.63) is 44.8 Å². The van der Waals surface area contributed by atoms with Crippen LogP contribution in [0.25, 0.3) is 0 Å². The van der Waals surface area contributed by atoms with Crippen LogP contribution in [-0.4, -0.2) is 4.98 Å². The van der Waals surface area contributed by atoms with Gasteiger partial charge in [0, 0.05) is 8.95 Å². The molecular weight excluding hydrogens is 403 g/mol. The highest BCUT2D eigenvalue weighted by molar-refractivity contribution is 9.11. The molecule has 0 aliphatic heterocycles. The van der Waals surface area contributed by atoms with Crippen LogP contribution in [0.4, 0.5) is 30.5 Å². The monoisotopic (exact) mass is 409 g/mol. The molecule has 0 fully saturated rings. The van der Waals surface area contributed by atoms with Crippen molar-refractivity contribution in [1.29, 1.82) is 0 Å². The summed E-state index contributed by atoms with van der Waals surface area (Å²) in [6, 6.07) is 6.99. The zero-order chi connectivity index (χ0) is 14.9. The summed E-state index contributed by atoms with van der Waals surface area (Å²) in [4.78, 5) is 3.85. The van der Waals surface area contributed by atoms with Crippen LogP contribution in [0.15, 0.2) is 39.3 Å². The highest BCUT2D eigenvalue weighted by Gasteiger charge is 2.31. The smallest absolute Gasteiger partial charge is 0.384 e. The lowest BCUT2D eigenvalue weighted by Gasteiger charge is -2.13. The fourth-order valence-electron chi connectivity index (χ4n) is 1.52. The van der Waals surface area contributed by atoms with E-state index in [0.717, 1.165) is 12.1 Å². The maximum Gasteiger partial charge on any atom is 0.416 e. The van der Waals surface area contributed by atoms with E-state index in [4.69, 9.17) is 5.73 Å². The van der Waals surface area contributed by atoms with E-state index in [-0.39, 0.29) is 11.6 Å². The Labute approximate surface area is 129 Å². The number of nitrogens with two attached hydrogens (primary N) is 1. The topological polar surface area (TPSA) is 50.9 Å². The lowest BCUT2D eigenvalue weighted by molar-refractivity contribution is -0.137. The van der Waals surface area contributed by atoms with E-state index in [1.165, 1.54) is 0 Å². The predicted molar refractivity (Wildman–Crippen MR) is 78.8 cm³/mol. The number of para-hydroxylation sites is 1. The van der Waals surface area contributed by atoms with Gasteiger partial charge in [-0.05, 0) is 56.1 Å². The van der Waals surface area contributed by atoms with Gasteiger partial charge in [-0.25, -0.2) is 4.98 Å². The van der Waals surface area contributed by atoms with Gasteiger partial charge in [0.25, 0.3) is 0 Å². The van der Waals surface area contributed by atoms with Gasteiger partial charge in [-0.3, -0.25) is 0 Å². The predicted octanol–water partition coefficient (Wildman–Crippen LogP) is 4.95. The fourth-order valence-corrected chi connectivity index (χ4v) is 2.72. The molecule has 0 unspecified atom stereocenters. The molecule has 0 saturated heterocycles. The minimum absolute atomic E-state index is 0.0184. The van der Waals surface area contributed by atoms with Gasteiger partial charge in [0.05, 0.1) is 11.3 Å². The van der Waals surface area contributed by atoms with Crippen molar-refractivity contribution in [2.24, 2.45) is 0 Å². The maximum absolute atomic E-state index is 12.7. The average Bonchev–Trinajstić information content (AvgIpc) is 2.32. The molecule has 8 heteroatoms. The molecule has 20 heavy (non-hydrogen) atoms. The van der Waals surface area contributed by atoms with E-state index in [1.807, 2.05) is 0 Å². The van der Waals surface area contributed by atoms with Gasteiger partial charge in [0.2, 0.25) is 0 Å². The second-order valence-corrected chi connectivity index (χ2v) is 5.59. The minimum Gasteiger partial charge on any atom is -0.384 e. The summed E-state index contributed by atoms with van der Waals surface area (Å²) in [6.45, 7) is 0.